The van der Waals surface area contributed by atoms with E-state index in [4.69, 9.17) is 16.3 Å². The molecule has 2 amide bonds. The lowest BCUT2D eigenvalue weighted by Crippen LogP contribution is -2.34. The molecule has 0 aliphatic heterocycles. The number of halogens is 1. The number of nitrogens with zero attached hydrogens (tertiary/aromatic N) is 2. The number of amides is 2. The fraction of sp³-hybridized carbons (Fsp3) is 0.278. The molecule has 0 aliphatic rings. The summed E-state index contributed by atoms with van der Waals surface area (Å²) in [5, 5.41) is 3.53. The van der Waals surface area contributed by atoms with Crippen LogP contribution in [0, 0.1) is 0 Å². The van der Waals surface area contributed by atoms with E-state index in [0.717, 1.165) is 17.1 Å². The van der Waals surface area contributed by atoms with Gasteiger partial charge in [0.2, 0.25) is 0 Å². The highest BCUT2D eigenvalue weighted by atomic mass is 35.5. The lowest BCUT2D eigenvalue weighted by Gasteiger charge is -2.19. The highest BCUT2D eigenvalue weighted by Crippen LogP contribution is 2.16. The third-order valence-corrected chi connectivity index (χ3v) is 3.74. The maximum atomic E-state index is 12.1. The predicted octanol–water partition coefficient (Wildman–Crippen LogP) is 3.95. The van der Waals surface area contributed by atoms with Crippen molar-refractivity contribution in [1.82, 2.24) is 4.90 Å². The zero-order valence-corrected chi connectivity index (χ0v) is 14.9. The molecular formula is C18H22ClN3O2. The predicted molar refractivity (Wildman–Crippen MR) is 99.4 cm³/mol. The van der Waals surface area contributed by atoms with Gasteiger partial charge in [-0.1, -0.05) is 11.6 Å². The van der Waals surface area contributed by atoms with Crippen molar-refractivity contribution in [3.05, 3.63) is 53.6 Å². The van der Waals surface area contributed by atoms with Gasteiger partial charge in [-0.2, -0.15) is 0 Å². The average Bonchev–Trinajstić information content (AvgIpc) is 2.57. The molecule has 128 valence electrons. The number of nitrogens with one attached hydrogen (secondary N) is 1. The zero-order valence-electron chi connectivity index (χ0n) is 14.1. The van der Waals surface area contributed by atoms with Crippen LogP contribution in [0.5, 0.6) is 5.75 Å². The second-order valence-electron chi connectivity index (χ2n) is 5.60. The molecule has 6 heteroatoms. The van der Waals surface area contributed by atoms with E-state index in [-0.39, 0.29) is 6.03 Å². The molecule has 0 saturated heterocycles. The maximum Gasteiger partial charge on any atom is 0.321 e. The Labute approximate surface area is 147 Å². The molecule has 0 aromatic heterocycles. The van der Waals surface area contributed by atoms with Crippen molar-refractivity contribution in [1.29, 1.82) is 0 Å². The van der Waals surface area contributed by atoms with Crippen LogP contribution in [0.3, 0.4) is 0 Å². The number of benzene rings is 2. The van der Waals surface area contributed by atoms with E-state index in [9.17, 15) is 4.79 Å². The summed E-state index contributed by atoms with van der Waals surface area (Å²) in [5.41, 5.74) is 1.84. The summed E-state index contributed by atoms with van der Waals surface area (Å²) in [6, 6.07) is 14.6. The van der Waals surface area contributed by atoms with Crippen LogP contribution < -0.4 is 15.0 Å². The standard InChI is InChI=1S/C18H22ClN3O2/c1-21(2)16-8-6-15(7-9-16)20-18(23)22(3)12-13-24-17-10-4-14(19)5-11-17/h4-11H,12-13H2,1-3H3,(H,20,23). The van der Waals surface area contributed by atoms with Gasteiger partial charge in [0.25, 0.3) is 0 Å². The molecule has 0 saturated carbocycles. The van der Waals surface area contributed by atoms with Crippen molar-refractivity contribution in [2.75, 3.05) is 44.5 Å². The van der Waals surface area contributed by atoms with Gasteiger partial charge >= 0.3 is 6.03 Å². The van der Waals surface area contributed by atoms with Gasteiger partial charge in [0, 0.05) is 37.5 Å². The topological polar surface area (TPSA) is 44.8 Å². The first kappa shape index (κ1) is 17.9. The van der Waals surface area contributed by atoms with Gasteiger partial charge in [-0.25, -0.2) is 4.79 Å². The van der Waals surface area contributed by atoms with Crippen molar-refractivity contribution in [3.8, 4) is 5.75 Å². The quantitative estimate of drug-likeness (QED) is 0.860. The number of urea groups is 1. The lowest BCUT2D eigenvalue weighted by atomic mass is 10.2. The van der Waals surface area contributed by atoms with Gasteiger partial charge in [0.05, 0.1) is 6.54 Å². The molecule has 2 rings (SSSR count). The molecule has 0 unspecified atom stereocenters. The van der Waals surface area contributed by atoms with Crippen LogP contribution in [0.1, 0.15) is 0 Å². The summed E-state index contributed by atoms with van der Waals surface area (Å²) < 4.78 is 5.59. The number of carbonyl (C=O) groups excluding carboxylic acids is 1. The van der Waals surface area contributed by atoms with Crippen molar-refractivity contribution in [3.63, 3.8) is 0 Å². The van der Waals surface area contributed by atoms with Gasteiger partial charge in [0.1, 0.15) is 12.4 Å². The smallest absolute Gasteiger partial charge is 0.321 e. The van der Waals surface area contributed by atoms with E-state index < -0.39 is 0 Å². The van der Waals surface area contributed by atoms with Crippen molar-refractivity contribution in [2.24, 2.45) is 0 Å². The van der Waals surface area contributed by atoms with Gasteiger partial charge < -0.3 is 19.9 Å². The number of anilines is 2. The first-order valence-electron chi connectivity index (χ1n) is 7.63. The van der Waals surface area contributed by atoms with Gasteiger partial charge in [0.15, 0.2) is 0 Å². The molecule has 0 aliphatic carbocycles. The molecule has 0 bridgehead atoms. The molecule has 2 aromatic rings. The Morgan fingerprint density at radius 3 is 2.25 bits per heavy atom. The van der Waals surface area contributed by atoms with E-state index in [1.165, 1.54) is 0 Å². The Kier molecular flexibility index (Phi) is 6.32. The number of carbonyl (C=O) groups is 1. The molecule has 24 heavy (non-hydrogen) atoms. The fourth-order valence-corrected chi connectivity index (χ4v) is 2.12. The molecule has 0 atom stereocenters. The Hall–Kier alpha value is -2.40. The number of rotatable bonds is 6. The molecule has 5 nitrogen and oxygen atoms in total. The van der Waals surface area contributed by atoms with E-state index in [1.54, 1.807) is 36.2 Å². The van der Waals surface area contributed by atoms with Crippen LogP contribution in [0.15, 0.2) is 48.5 Å². The Morgan fingerprint density at radius 1 is 1.04 bits per heavy atom. The molecule has 2 aromatic carbocycles. The minimum atomic E-state index is -0.174. The number of hydrogen-bond donors (Lipinski definition) is 1. The van der Waals surface area contributed by atoms with E-state index in [2.05, 4.69) is 5.32 Å². The second kappa shape index (κ2) is 8.45. The normalized spacial score (nSPS) is 10.2. The average molecular weight is 348 g/mol. The highest BCUT2D eigenvalue weighted by molar-refractivity contribution is 6.30. The minimum Gasteiger partial charge on any atom is -0.492 e. The molecule has 0 heterocycles. The van der Waals surface area contributed by atoms with Crippen LogP contribution in [-0.2, 0) is 0 Å². The van der Waals surface area contributed by atoms with Gasteiger partial charge in [-0.3, -0.25) is 0 Å². The summed E-state index contributed by atoms with van der Waals surface area (Å²) >= 11 is 5.82. The van der Waals surface area contributed by atoms with E-state index in [1.807, 2.05) is 43.3 Å². The second-order valence-corrected chi connectivity index (χ2v) is 6.03. The zero-order chi connectivity index (χ0) is 17.5. The monoisotopic (exact) mass is 347 g/mol. The van der Waals surface area contributed by atoms with Gasteiger partial charge in [-0.15, -0.1) is 0 Å². The third kappa shape index (κ3) is 5.35. The molecular weight excluding hydrogens is 326 g/mol. The van der Waals surface area contributed by atoms with Crippen LogP contribution >= 0.6 is 11.6 Å². The summed E-state index contributed by atoms with van der Waals surface area (Å²) in [4.78, 5) is 15.7. The minimum absolute atomic E-state index is 0.174. The summed E-state index contributed by atoms with van der Waals surface area (Å²) in [5.74, 6) is 0.729. The van der Waals surface area contributed by atoms with Crippen molar-refractivity contribution in [2.45, 2.75) is 0 Å². The Bertz CT molecular complexity index is 657. The first-order valence-corrected chi connectivity index (χ1v) is 8.01. The molecule has 0 fully saturated rings. The van der Waals surface area contributed by atoms with E-state index in [0.29, 0.717) is 18.2 Å². The highest BCUT2D eigenvalue weighted by Gasteiger charge is 2.09. The number of likely N-dealkylation sites (N-methyl/N-ethyl adjacent to an activating group) is 1. The van der Waals surface area contributed by atoms with Crippen molar-refractivity contribution < 1.29 is 9.53 Å². The third-order valence-electron chi connectivity index (χ3n) is 3.49. The fourth-order valence-electron chi connectivity index (χ4n) is 1.99. The summed E-state index contributed by atoms with van der Waals surface area (Å²) in [7, 11) is 5.68. The molecule has 0 spiro atoms. The summed E-state index contributed by atoms with van der Waals surface area (Å²) in [6.07, 6.45) is 0. The number of hydrogen-bond acceptors (Lipinski definition) is 3. The molecule has 0 radical (unpaired) electrons. The Morgan fingerprint density at radius 2 is 1.67 bits per heavy atom. The molecule has 1 N–H and O–H groups in total. The lowest BCUT2D eigenvalue weighted by molar-refractivity contribution is 0.207. The number of ether oxygens (including phenoxy) is 1. The first-order chi connectivity index (χ1) is 11.5. The Balaban J connectivity index is 1.78. The van der Waals surface area contributed by atoms with Crippen molar-refractivity contribution >= 4 is 29.0 Å². The largest absolute Gasteiger partial charge is 0.492 e. The maximum absolute atomic E-state index is 12.1. The van der Waals surface area contributed by atoms with E-state index >= 15 is 0 Å². The summed E-state index contributed by atoms with van der Waals surface area (Å²) in [6.45, 7) is 0.884. The van der Waals surface area contributed by atoms with Gasteiger partial charge in [-0.05, 0) is 48.5 Å². The van der Waals surface area contributed by atoms with Crippen LogP contribution in [-0.4, -0.2) is 45.2 Å². The SMILES string of the molecule is CN(CCOc1ccc(Cl)cc1)C(=O)Nc1ccc(N(C)C)cc1. The van der Waals surface area contributed by atoms with Crippen LogP contribution in [0.25, 0.3) is 0 Å². The van der Waals surface area contributed by atoms with Crippen LogP contribution in [0.4, 0.5) is 16.2 Å². The van der Waals surface area contributed by atoms with Crippen LogP contribution in [0.2, 0.25) is 5.02 Å².